The molecule has 152 valence electrons. The van der Waals surface area contributed by atoms with E-state index in [1.165, 1.54) is 12.3 Å². The number of rotatable bonds is 4. The summed E-state index contributed by atoms with van der Waals surface area (Å²) in [6, 6.07) is 4.92. The third-order valence-corrected chi connectivity index (χ3v) is 5.18. The first-order valence-electron chi connectivity index (χ1n) is 9.71. The molecule has 1 saturated heterocycles. The van der Waals surface area contributed by atoms with Crippen molar-refractivity contribution in [2.75, 3.05) is 18.4 Å². The largest absolute Gasteiger partial charge is 0.351 e. The molecular weight excluding hydrogens is 374 g/mol. The van der Waals surface area contributed by atoms with Crippen molar-refractivity contribution in [2.24, 2.45) is 5.73 Å². The fourth-order valence-electron chi connectivity index (χ4n) is 3.70. The van der Waals surface area contributed by atoms with E-state index in [0.717, 1.165) is 37.7 Å². The minimum absolute atomic E-state index is 0.0434. The minimum atomic E-state index is -0.710. The van der Waals surface area contributed by atoms with Gasteiger partial charge in [-0.05, 0) is 63.5 Å². The molecule has 0 amide bonds. The zero-order chi connectivity index (χ0) is 20.6. The van der Waals surface area contributed by atoms with Gasteiger partial charge in [-0.3, -0.25) is 4.98 Å². The maximum atomic E-state index is 14.8. The highest BCUT2D eigenvalue weighted by molar-refractivity contribution is 5.88. The smallest absolute Gasteiger partial charge is 0.223 e. The molecular formula is C21H24F2N6. The molecule has 0 bridgehead atoms. The van der Waals surface area contributed by atoms with E-state index in [0.29, 0.717) is 16.9 Å². The molecule has 8 heteroatoms. The van der Waals surface area contributed by atoms with Crippen LogP contribution in [0.1, 0.15) is 32.3 Å². The minimum Gasteiger partial charge on any atom is -0.351 e. The van der Waals surface area contributed by atoms with Crippen molar-refractivity contribution in [2.45, 2.75) is 38.3 Å². The lowest BCUT2D eigenvalue weighted by Gasteiger charge is -2.23. The van der Waals surface area contributed by atoms with Crippen LogP contribution in [0, 0.1) is 11.6 Å². The summed E-state index contributed by atoms with van der Waals surface area (Å²) < 4.78 is 29.4. The summed E-state index contributed by atoms with van der Waals surface area (Å²) >= 11 is 0. The first-order chi connectivity index (χ1) is 13.8. The van der Waals surface area contributed by atoms with Crippen LogP contribution in [0.5, 0.6) is 0 Å². The van der Waals surface area contributed by atoms with Crippen molar-refractivity contribution in [3.05, 3.63) is 47.8 Å². The predicted octanol–water partition coefficient (Wildman–Crippen LogP) is 3.33. The maximum absolute atomic E-state index is 14.8. The van der Waals surface area contributed by atoms with Gasteiger partial charge in [0.25, 0.3) is 0 Å². The Balaban J connectivity index is 1.78. The standard InChI is InChI=1S/C21H24F2N6/c1-21(2,24)15-5-8-26-19-14(15)9-12(10-16(19)22)18-17(23)11-27-20(29-18)28-13-3-6-25-7-4-13/h5,8-11,13,25H,3-4,6-7,24H2,1-2H3,(H,27,28,29). The van der Waals surface area contributed by atoms with Gasteiger partial charge in [-0.1, -0.05) is 0 Å². The molecule has 6 nitrogen and oxygen atoms in total. The van der Waals surface area contributed by atoms with E-state index in [1.54, 1.807) is 12.1 Å². The van der Waals surface area contributed by atoms with Crippen LogP contribution in [-0.2, 0) is 5.54 Å². The van der Waals surface area contributed by atoms with E-state index in [1.807, 2.05) is 13.8 Å². The van der Waals surface area contributed by atoms with Gasteiger partial charge in [-0.25, -0.2) is 18.7 Å². The highest BCUT2D eigenvalue weighted by Crippen LogP contribution is 2.32. The molecule has 0 atom stereocenters. The first kappa shape index (κ1) is 19.6. The topological polar surface area (TPSA) is 88.8 Å². The Bertz CT molecular complexity index is 1040. The summed E-state index contributed by atoms with van der Waals surface area (Å²) in [6.45, 7) is 5.48. The maximum Gasteiger partial charge on any atom is 0.223 e. The number of hydrogen-bond donors (Lipinski definition) is 3. The highest BCUT2D eigenvalue weighted by Gasteiger charge is 2.21. The second-order valence-electron chi connectivity index (χ2n) is 7.99. The van der Waals surface area contributed by atoms with Crippen LogP contribution in [0.3, 0.4) is 0 Å². The zero-order valence-electron chi connectivity index (χ0n) is 16.5. The van der Waals surface area contributed by atoms with Gasteiger partial charge in [0.1, 0.15) is 17.0 Å². The normalized spacial score (nSPS) is 15.6. The Kier molecular flexibility index (Phi) is 5.14. The number of nitrogens with two attached hydrogens (primary N) is 1. The van der Waals surface area contributed by atoms with Crippen LogP contribution >= 0.6 is 0 Å². The summed E-state index contributed by atoms with van der Waals surface area (Å²) in [7, 11) is 0. The second-order valence-corrected chi connectivity index (χ2v) is 7.99. The van der Waals surface area contributed by atoms with Crippen LogP contribution in [0.25, 0.3) is 22.2 Å². The third kappa shape index (κ3) is 4.04. The molecule has 1 aromatic carbocycles. The molecule has 0 saturated carbocycles. The fourth-order valence-corrected chi connectivity index (χ4v) is 3.70. The number of nitrogens with zero attached hydrogens (tertiary/aromatic N) is 3. The van der Waals surface area contributed by atoms with Crippen molar-refractivity contribution in [1.82, 2.24) is 20.3 Å². The quantitative estimate of drug-likeness (QED) is 0.625. The van der Waals surface area contributed by atoms with E-state index in [-0.39, 0.29) is 17.3 Å². The fraction of sp³-hybridized carbons (Fsp3) is 0.381. The zero-order valence-corrected chi connectivity index (χ0v) is 16.5. The van der Waals surface area contributed by atoms with E-state index >= 15 is 0 Å². The van der Waals surface area contributed by atoms with Crippen LogP contribution in [0.15, 0.2) is 30.6 Å². The Labute approximate surface area is 168 Å². The van der Waals surface area contributed by atoms with Gasteiger partial charge in [0.15, 0.2) is 5.82 Å². The molecule has 3 heterocycles. The monoisotopic (exact) mass is 398 g/mol. The van der Waals surface area contributed by atoms with Crippen molar-refractivity contribution < 1.29 is 8.78 Å². The second kappa shape index (κ2) is 7.61. The summed E-state index contributed by atoms with van der Waals surface area (Å²) in [4.78, 5) is 12.5. The van der Waals surface area contributed by atoms with Gasteiger partial charge in [0.05, 0.1) is 6.20 Å². The molecule has 2 aromatic heterocycles. The summed E-state index contributed by atoms with van der Waals surface area (Å²) in [5, 5.41) is 7.08. The van der Waals surface area contributed by atoms with Gasteiger partial charge >= 0.3 is 0 Å². The van der Waals surface area contributed by atoms with Crippen molar-refractivity contribution in [3.8, 4) is 11.3 Å². The van der Waals surface area contributed by atoms with Gasteiger partial charge in [0, 0.05) is 28.7 Å². The van der Waals surface area contributed by atoms with Gasteiger partial charge in [0.2, 0.25) is 5.95 Å². The number of fused-ring (bicyclic) bond motifs is 1. The number of aromatic nitrogens is 3. The average Bonchev–Trinajstić information content (AvgIpc) is 2.69. The number of piperidine rings is 1. The van der Waals surface area contributed by atoms with Crippen LogP contribution in [-0.4, -0.2) is 34.1 Å². The van der Waals surface area contributed by atoms with E-state index in [9.17, 15) is 8.78 Å². The van der Waals surface area contributed by atoms with Gasteiger partial charge in [-0.15, -0.1) is 0 Å². The molecule has 1 aliphatic heterocycles. The number of pyridine rings is 1. The molecule has 0 radical (unpaired) electrons. The van der Waals surface area contributed by atoms with E-state index in [2.05, 4.69) is 25.6 Å². The van der Waals surface area contributed by atoms with Crippen LogP contribution in [0.4, 0.5) is 14.7 Å². The lowest BCUT2D eigenvalue weighted by Crippen LogP contribution is -2.35. The first-order valence-corrected chi connectivity index (χ1v) is 9.71. The molecule has 0 unspecified atom stereocenters. The predicted molar refractivity (Wildman–Crippen MR) is 109 cm³/mol. The van der Waals surface area contributed by atoms with E-state index in [4.69, 9.17) is 5.73 Å². The third-order valence-electron chi connectivity index (χ3n) is 5.18. The average molecular weight is 398 g/mol. The molecule has 29 heavy (non-hydrogen) atoms. The summed E-state index contributed by atoms with van der Waals surface area (Å²) in [6.07, 6.45) is 4.51. The molecule has 0 spiro atoms. The molecule has 3 aromatic rings. The Morgan fingerprint density at radius 1 is 1.14 bits per heavy atom. The van der Waals surface area contributed by atoms with Crippen LogP contribution < -0.4 is 16.4 Å². The lowest BCUT2D eigenvalue weighted by molar-refractivity contribution is 0.477. The Hall–Kier alpha value is -2.71. The number of hydrogen-bond acceptors (Lipinski definition) is 6. The van der Waals surface area contributed by atoms with Crippen LogP contribution in [0.2, 0.25) is 0 Å². The lowest BCUT2D eigenvalue weighted by atomic mass is 9.91. The number of benzene rings is 1. The molecule has 4 N–H and O–H groups in total. The Morgan fingerprint density at radius 2 is 1.90 bits per heavy atom. The van der Waals surface area contributed by atoms with Crippen molar-refractivity contribution in [3.63, 3.8) is 0 Å². The SMILES string of the molecule is CC(C)(N)c1ccnc2c(F)cc(-c3nc(NC4CCNCC4)ncc3F)cc12. The number of anilines is 1. The van der Waals surface area contributed by atoms with Crippen molar-refractivity contribution in [1.29, 1.82) is 0 Å². The molecule has 1 aliphatic rings. The Morgan fingerprint density at radius 3 is 2.62 bits per heavy atom. The molecule has 1 fully saturated rings. The van der Waals surface area contributed by atoms with Gasteiger partial charge in [-0.2, -0.15) is 0 Å². The van der Waals surface area contributed by atoms with Crippen molar-refractivity contribution >= 4 is 16.9 Å². The number of halogens is 2. The molecule has 0 aliphatic carbocycles. The highest BCUT2D eigenvalue weighted by atomic mass is 19.1. The summed E-state index contributed by atoms with van der Waals surface area (Å²) in [5.41, 5.74) is 6.84. The number of nitrogens with one attached hydrogen (secondary N) is 2. The van der Waals surface area contributed by atoms with E-state index < -0.39 is 17.2 Å². The summed E-state index contributed by atoms with van der Waals surface area (Å²) in [5.74, 6) is -0.828. The molecule has 4 rings (SSSR count). The van der Waals surface area contributed by atoms with Gasteiger partial charge < -0.3 is 16.4 Å².